The fourth-order valence-corrected chi connectivity index (χ4v) is 3.26. The van der Waals surface area contributed by atoms with Gasteiger partial charge in [0.1, 0.15) is 17.3 Å². The van der Waals surface area contributed by atoms with E-state index in [1.165, 1.54) is 6.07 Å². The number of carbonyl (C=O) groups excluding carboxylic acids is 1. The van der Waals surface area contributed by atoms with Crippen molar-refractivity contribution >= 4 is 22.6 Å². The van der Waals surface area contributed by atoms with Gasteiger partial charge in [-0.3, -0.25) is 4.79 Å². The molecule has 2 N–H and O–H groups in total. The van der Waals surface area contributed by atoms with E-state index < -0.39 is 11.9 Å². The zero-order chi connectivity index (χ0) is 21.9. The molecule has 1 aromatic carbocycles. The number of benzene rings is 1. The Morgan fingerprint density at radius 1 is 1.20 bits per heavy atom. The maximum atomic E-state index is 12.9. The van der Waals surface area contributed by atoms with E-state index in [0.29, 0.717) is 17.9 Å². The smallest absolute Gasteiger partial charge is 0.433 e. The molecule has 0 bridgehead atoms. The molecule has 2 aromatic heterocycles. The van der Waals surface area contributed by atoms with E-state index in [1.807, 2.05) is 36.0 Å². The molecule has 0 saturated heterocycles. The van der Waals surface area contributed by atoms with Crippen molar-refractivity contribution in [2.45, 2.75) is 26.1 Å². The molecule has 30 heavy (non-hydrogen) atoms. The van der Waals surface area contributed by atoms with E-state index in [1.54, 1.807) is 14.0 Å². The zero-order valence-electron chi connectivity index (χ0n) is 16.9. The molecule has 160 valence electrons. The van der Waals surface area contributed by atoms with E-state index in [0.717, 1.165) is 22.5 Å². The number of amides is 1. The molecular weight excluding hydrogens is 397 g/mol. The summed E-state index contributed by atoms with van der Waals surface area (Å²) >= 11 is 0. The minimum Gasteiger partial charge on any atom is -0.497 e. The molecule has 0 atom stereocenters. The quantitative estimate of drug-likeness (QED) is 0.609. The predicted molar refractivity (Wildman–Crippen MR) is 108 cm³/mol. The molecule has 0 unspecified atom stereocenters. The fourth-order valence-electron chi connectivity index (χ4n) is 3.26. The Morgan fingerprint density at radius 2 is 1.97 bits per heavy atom. The number of nitrogens with zero attached hydrogens (tertiary/aromatic N) is 2. The van der Waals surface area contributed by atoms with Gasteiger partial charge in [-0.25, -0.2) is 4.98 Å². The van der Waals surface area contributed by atoms with Crippen LogP contribution in [0.25, 0.3) is 10.9 Å². The number of fused-ring (bicyclic) bond motifs is 1. The summed E-state index contributed by atoms with van der Waals surface area (Å²) in [5.74, 6) is 0.566. The molecule has 2 heterocycles. The van der Waals surface area contributed by atoms with Crippen LogP contribution in [0.5, 0.6) is 5.75 Å². The molecule has 0 saturated carbocycles. The Morgan fingerprint density at radius 3 is 2.63 bits per heavy atom. The number of carbonyl (C=O) groups is 1. The maximum absolute atomic E-state index is 12.9. The number of pyridine rings is 1. The van der Waals surface area contributed by atoms with Crippen LogP contribution in [-0.2, 0) is 31.0 Å². The number of aryl methyl sites for hydroxylation is 1. The standard InChI is InChI=1S/C21H23F3N4O2/c1-4-25-20-13(5-8-18(27-20)21(22,23)24)11-26-19(29)9-14-12-28(2)17-7-6-15(30-3)10-16(14)17/h5-8,10,12H,4,9,11H2,1-3H3,(H,25,27)(H,26,29). The Labute approximate surface area is 172 Å². The van der Waals surface area contributed by atoms with E-state index in [9.17, 15) is 18.0 Å². The molecule has 0 spiro atoms. The number of alkyl halides is 3. The number of nitrogens with one attached hydrogen (secondary N) is 2. The molecule has 0 aliphatic heterocycles. The van der Waals surface area contributed by atoms with Crippen LogP contribution in [0.2, 0.25) is 0 Å². The largest absolute Gasteiger partial charge is 0.497 e. The summed E-state index contributed by atoms with van der Waals surface area (Å²) in [6.07, 6.45) is -2.51. The third-order valence-electron chi connectivity index (χ3n) is 4.72. The lowest BCUT2D eigenvalue weighted by molar-refractivity contribution is -0.141. The molecule has 0 radical (unpaired) electrons. The Kier molecular flexibility index (Phi) is 6.19. The average Bonchev–Trinajstić information content (AvgIpc) is 3.01. The number of anilines is 1. The van der Waals surface area contributed by atoms with Gasteiger partial charge in [0.05, 0.1) is 13.5 Å². The van der Waals surface area contributed by atoms with Crippen molar-refractivity contribution in [2.24, 2.45) is 7.05 Å². The van der Waals surface area contributed by atoms with E-state index in [2.05, 4.69) is 15.6 Å². The maximum Gasteiger partial charge on any atom is 0.433 e. The number of aromatic nitrogens is 2. The van der Waals surface area contributed by atoms with E-state index in [-0.39, 0.29) is 24.7 Å². The van der Waals surface area contributed by atoms with E-state index >= 15 is 0 Å². The summed E-state index contributed by atoms with van der Waals surface area (Å²) < 4.78 is 45.9. The summed E-state index contributed by atoms with van der Waals surface area (Å²) in [4.78, 5) is 16.2. The van der Waals surface area contributed by atoms with E-state index in [4.69, 9.17) is 4.74 Å². The van der Waals surface area contributed by atoms with Crippen molar-refractivity contribution in [1.29, 1.82) is 0 Å². The van der Waals surface area contributed by atoms with Crippen LogP contribution >= 0.6 is 0 Å². The van der Waals surface area contributed by atoms with Crippen LogP contribution in [0.15, 0.2) is 36.5 Å². The summed E-state index contributed by atoms with van der Waals surface area (Å²) in [5.41, 5.74) is 1.32. The first-order valence-electron chi connectivity index (χ1n) is 9.42. The van der Waals surface area contributed by atoms with Gasteiger partial charge in [-0.2, -0.15) is 13.2 Å². The number of hydrogen-bond acceptors (Lipinski definition) is 4. The highest BCUT2D eigenvalue weighted by molar-refractivity contribution is 5.90. The van der Waals surface area contributed by atoms with Gasteiger partial charge >= 0.3 is 6.18 Å². The summed E-state index contributed by atoms with van der Waals surface area (Å²) in [6, 6.07) is 7.90. The van der Waals surface area contributed by atoms with Crippen molar-refractivity contribution in [3.8, 4) is 5.75 Å². The predicted octanol–water partition coefficient (Wildman–Crippen LogP) is 3.89. The van der Waals surface area contributed by atoms with Crippen LogP contribution < -0.4 is 15.4 Å². The van der Waals surface area contributed by atoms with Gasteiger partial charge < -0.3 is 19.9 Å². The number of methoxy groups -OCH3 is 1. The molecule has 0 aliphatic rings. The Balaban J connectivity index is 1.74. The van der Waals surface area contributed by atoms with Gasteiger partial charge in [-0.15, -0.1) is 0 Å². The number of halogens is 3. The highest BCUT2D eigenvalue weighted by atomic mass is 19.4. The van der Waals surface area contributed by atoms with Gasteiger partial charge in [0.25, 0.3) is 0 Å². The summed E-state index contributed by atoms with van der Waals surface area (Å²) in [7, 11) is 3.48. The highest BCUT2D eigenvalue weighted by Gasteiger charge is 2.33. The summed E-state index contributed by atoms with van der Waals surface area (Å²) in [5, 5.41) is 6.50. The van der Waals surface area contributed by atoms with Crippen LogP contribution in [-0.4, -0.2) is 29.1 Å². The van der Waals surface area contributed by atoms with Gasteiger partial charge in [0.2, 0.25) is 5.91 Å². The first kappa shape index (κ1) is 21.5. The topological polar surface area (TPSA) is 68.2 Å². The highest BCUT2D eigenvalue weighted by Crippen LogP contribution is 2.29. The molecule has 3 aromatic rings. The number of ether oxygens (including phenoxy) is 1. The molecule has 9 heteroatoms. The SMILES string of the molecule is CCNc1nc(C(F)(F)F)ccc1CNC(=O)Cc1cn(C)c2ccc(OC)cc12. The second-order valence-corrected chi connectivity index (χ2v) is 6.83. The number of hydrogen-bond donors (Lipinski definition) is 2. The lowest BCUT2D eigenvalue weighted by Crippen LogP contribution is -2.25. The second-order valence-electron chi connectivity index (χ2n) is 6.83. The van der Waals surface area contributed by atoms with Gasteiger partial charge in [-0.05, 0) is 36.8 Å². The third kappa shape index (κ3) is 4.67. The number of rotatable bonds is 7. The summed E-state index contributed by atoms with van der Waals surface area (Å²) in [6.45, 7) is 2.24. The van der Waals surface area contributed by atoms with Crippen molar-refractivity contribution in [3.63, 3.8) is 0 Å². The van der Waals surface area contributed by atoms with Crippen LogP contribution in [0.4, 0.5) is 19.0 Å². The molecule has 3 rings (SSSR count). The first-order chi connectivity index (χ1) is 14.2. The normalized spacial score (nSPS) is 11.5. The van der Waals surface area contributed by atoms with Crippen LogP contribution in [0.3, 0.4) is 0 Å². The lowest BCUT2D eigenvalue weighted by atomic mass is 10.1. The molecule has 0 fully saturated rings. The molecule has 1 amide bonds. The van der Waals surface area contributed by atoms with Crippen molar-refractivity contribution in [1.82, 2.24) is 14.9 Å². The fraction of sp³-hybridized carbons (Fsp3) is 0.333. The minimum atomic E-state index is -4.53. The third-order valence-corrected chi connectivity index (χ3v) is 4.72. The van der Waals surface area contributed by atoms with Crippen LogP contribution in [0, 0.1) is 0 Å². The van der Waals surface area contributed by atoms with Gasteiger partial charge in [0.15, 0.2) is 0 Å². The molecular formula is C21H23F3N4O2. The molecule has 6 nitrogen and oxygen atoms in total. The Hall–Kier alpha value is -3.23. The zero-order valence-corrected chi connectivity index (χ0v) is 16.9. The first-order valence-corrected chi connectivity index (χ1v) is 9.42. The monoisotopic (exact) mass is 420 g/mol. The van der Waals surface area contributed by atoms with Crippen molar-refractivity contribution in [2.75, 3.05) is 19.0 Å². The van der Waals surface area contributed by atoms with Crippen molar-refractivity contribution < 1.29 is 22.7 Å². The second kappa shape index (κ2) is 8.64. The van der Waals surface area contributed by atoms with Crippen molar-refractivity contribution in [3.05, 3.63) is 53.3 Å². The van der Waals surface area contributed by atoms with Crippen LogP contribution in [0.1, 0.15) is 23.7 Å². The Bertz CT molecular complexity index is 1060. The average molecular weight is 420 g/mol. The minimum absolute atomic E-state index is 0.0698. The van der Waals surface area contributed by atoms with Gasteiger partial charge in [-0.1, -0.05) is 6.07 Å². The molecule has 0 aliphatic carbocycles. The lowest BCUT2D eigenvalue weighted by Gasteiger charge is -2.14. The van der Waals surface area contributed by atoms with Gasteiger partial charge in [0, 0.05) is 42.8 Å².